The number of hydrogen-bond acceptors (Lipinski definition) is 12. The third kappa shape index (κ3) is 18.9. The second kappa shape index (κ2) is 30.1. The summed E-state index contributed by atoms with van der Waals surface area (Å²) < 4.78 is 58.9. The Hall–Kier alpha value is -3.14. The number of hydrogen-bond donors (Lipinski definition) is 0. The Morgan fingerprint density at radius 2 is 0.574 bits per heavy atom. The van der Waals surface area contributed by atoms with Gasteiger partial charge in [-0.25, -0.2) is 0 Å². The molecule has 0 aliphatic carbocycles. The first-order valence-corrected chi connectivity index (χ1v) is 19.0. The van der Waals surface area contributed by atoms with E-state index in [9.17, 15) is 0 Å². The maximum Gasteiger partial charge on any atom is 0.103 e. The van der Waals surface area contributed by atoms with Gasteiger partial charge in [0.05, 0.1) is 128 Å². The number of rotatable bonds is 8. The van der Waals surface area contributed by atoms with E-state index < -0.39 is 0 Å². The van der Waals surface area contributed by atoms with Crippen molar-refractivity contribution in [3.63, 3.8) is 0 Å². The average molecular weight is 755 g/mol. The number of aromatic nitrogens is 2. The highest BCUT2D eigenvalue weighted by molar-refractivity contribution is 5.18. The van der Waals surface area contributed by atoms with Gasteiger partial charge in [0, 0.05) is 0 Å². The van der Waals surface area contributed by atoms with Crippen molar-refractivity contribution in [3.8, 4) is 0 Å². The fraction of sp³-hybridized carbons (Fsp3) is 0.571. The van der Waals surface area contributed by atoms with Crippen LogP contribution in [0.3, 0.4) is 0 Å². The van der Waals surface area contributed by atoms with Crippen molar-refractivity contribution in [2.24, 2.45) is 0 Å². The normalized spacial score (nSPS) is 23.7. The molecule has 4 bridgehead atoms. The molecular weight excluding hydrogens is 692 g/mol. The van der Waals surface area contributed by atoms with Crippen LogP contribution in [0, 0.1) is 0 Å². The Bertz CT molecular complexity index is 1110. The fourth-order valence-corrected chi connectivity index (χ4v) is 5.44. The molecule has 0 amide bonds. The summed E-state index contributed by atoms with van der Waals surface area (Å²) in [6.07, 6.45) is 8.76. The summed E-state index contributed by atoms with van der Waals surface area (Å²) in [5, 5.41) is 0. The molecule has 54 heavy (non-hydrogen) atoms. The highest BCUT2D eigenvalue weighted by Crippen LogP contribution is 2.26. The second-order valence-electron chi connectivity index (χ2n) is 12.2. The molecule has 4 atom stereocenters. The number of fused-ring (bicyclic) bond motifs is 4. The highest BCUT2D eigenvalue weighted by Gasteiger charge is 2.19. The zero-order chi connectivity index (χ0) is 38.3. The highest BCUT2D eigenvalue weighted by atomic mass is 16.6. The first-order chi connectivity index (χ1) is 26.7. The molecule has 1 aliphatic heterocycles. The third-order valence-electron chi connectivity index (χ3n) is 8.10. The van der Waals surface area contributed by atoms with Crippen LogP contribution in [0.15, 0.2) is 87.0 Å². The van der Waals surface area contributed by atoms with Crippen molar-refractivity contribution in [1.82, 2.24) is 9.97 Å². The Morgan fingerprint density at radius 3 is 0.778 bits per heavy atom. The molecule has 0 N–H and O–H groups in total. The van der Waals surface area contributed by atoms with Crippen LogP contribution in [-0.2, 0) is 47.4 Å². The molecule has 12 nitrogen and oxygen atoms in total. The minimum absolute atomic E-state index is 0.255. The van der Waals surface area contributed by atoms with Crippen LogP contribution < -0.4 is 0 Å². The molecule has 2 aromatic heterocycles. The lowest BCUT2D eigenvalue weighted by atomic mass is 10.1. The molecule has 0 radical (unpaired) electrons. The number of ether oxygens (including phenoxy) is 10. The van der Waals surface area contributed by atoms with Gasteiger partial charge in [-0.15, -0.1) is 26.3 Å². The predicted molar refractivity (Wildman–Crippen MR) is 207 cm³/mol. The van der Waals surface area contributed by atoms with E-state index in [-0.39, 0.29) is 24.4 Å². The molecule has 0 fully saturated rings. The van der Waals surface area contributed by atoms with Crippen molar-refractivity contribution in [2.75, 3.05) is 106 Å². The molecule has 0 aromatic carbocycles. The van der Waals surface area contributed by atoms with E-state index >= 15 is 0 Å². The molecule has 0 saturated heterocycles. The van der Waals surface area contributed by atoms with Crippen LogP contribution in [-0.4, -0.2) is 116 Å². The lowest BCUT2D eigenvalue weighted by Crippen LogP contribution is -2.17. The van der Waals surface area contributed by atoms with Gasteiger partial charge in [-0.05, 0) is 49.9 Å². The molecule has 0 spiro atoms. The largest absolute Gasteiger partial charge is 0.377 e. The first-order valence-electron chi connectivity index (χ1n) is 19.0. The van der Waals surface area contributed by atoms with E-state index in [1.807, 2.05) is 60.7 Å². The predicted octanol–water partition coefficient (Wildman–Crippen LogP) is 6.83. The summed E-state index contributed by atoms with van der Waals surface area (Å²) >= 11 is 0. The Balaban J connectivity index is 1.54. The van der Waals surface area contributed by atoms with Crippen molar-refractivity contribution in [3.05, 3.63) is 110 Å². The lowest BCUT2D eigenvalue weighted by molar-refractivity contribution is -0.0321. The molecule has 0 saturated carbocycles. The molecule has 3 heterocycles. The van der Waals surface area contributed by atoms with Crippen molar-refractivity contribution in [1.29, 1.82) is 0 Å². The Morgan fingerprint density at radius 1 is 0.370 bits per heavy atom. The first kappa shape index (κ1) is 45.3. The second-order valence-corrected chi connectivity index (χ2v) is 12.2. The molecule has 1 aliphatic rings. The molecule has 12 heteroatoms. The van der Waals surface area contributed by atoms with E-state index in [2.05, 4.69) is 26.3 Å². The quantitative estimate of drug-likeness (QED) is 0.263. The fourth-order valence-electron chi connectivity index (χ4n) is 5.44. The van der Waals surface area contributed by atoms with E-state index in [1.165, 1.54) is 0 Å². The summed E-state index contributed by atoms with van der Waals surface area (Å²) in [5.74, 6) is 0. The summed E-state index contributed by atoms with van der Waals surface area (Å²) in [6.45, 7) is 22.6. The standard InChI is InChI=1S/C42H62N2O10/c1-5-11-39-35-15-9-16-36(43-35)40(12-6-2)52-32-28-48-25-21-46-22-26-50-30-34-54-42(14-8-4)38-18-10-17-37(44-38)41(13-7-3)53-33-29-49-24-20-45-19-23-47-27-31-51-39/h5-10,15-18,39-42H,1-4,11-14,19-34H2/t39-,40+,41-,42+. The SMILES string of the molecule is C=CC[C@@H]1OCCOCCOCCOCCO[C@@H](CC=C)c2cccc(n2)[C@@H](CC=C)OCCOCCOCCOCCO[C@H](CC=C)c2cccc1n2. The van der Waals surface area contributed by atoms with Crippen LogP contribution in [0.4, 0.5) is 0 Å². The van der Waals surface area contributed by atoms with Gasteiger partial charge in [0.2, 0.25) is 0 Å². The average Bonchev–Trinajstić information content (AvgIpc) is 3.19. The Kier molecular flexibility index (Phi) is 25.2. The smallest absolute Gasteiger partial charge is 0.103 e. The minimum atomic E-state index is -0.255. The summed E-state index contributed by atoms with van der Waals surface area (Å²) in [4.78, 5) is 9.78. The van der Waals surface area contributed by atoms with Gasteiger partial charge in [0.1, 0.15) is 24.4 Å². The molecule has 2 aromatic rings. The van der Waals surface area contributed by atoms with Gasteiger partial charge in [-0.2, -0.15) is 0 Å². The van der Waals surface area contributed by atoms with E-state index in [4.69, 9.17) is 57.3 Å². The van der Waals surface area contributed by atoms with Gasteiger partial charge in [0.15, 0.2) is 0 Å². The molecular formula is C42H62N2O10. The maximum absolute atomic E-state index is 6.15. The van der Waals surface area contributed by atoms with Gasteiger partial charge in [-0.3, -0.25) is 9.97 Å². The zero-order valence-electron chi connectivity index (χ0n) is 32.0. The third-order valence-corrected chi connectivity index (χ3v) is 8.10. The van der Waals surface area contributed by atoms with Crippen molar-refractivity contribution in [2.45, 2.75) is 50.1 Å². The zero-order valence-corrected chi connectivity index (χ0v) is 32.0. The summed E-state index contributed by atoms with van der Waals surface area (Å²) in [6, 6.07) is 11.8. The van der Waals surface area contributed by atoms with Gasteiger partial charge < -0.3 is 47.4 Å². The minimum Gasteiger partial charge on any atom is -0.377 e. The maximum atomic E-state index is 6.15. The van der Waals surface area contributed by atoms with E-state index in [1.54, 1.807) is 0 Å². The number of nitrogens with zero attached hydrogens (tertiary/aromatic N) is 2. The van der Waals surface area contributed by atoms with Gasteiger partial charge in [-0.1, -0.05) is 36.4 Å². The van der Waals surface area contributed by atoms with Crippen LogP contribution in [0.2, 0.25) is 0 Å². The van der Waals surface area contributed by atoms with Gasteiger partial charge >= 0.3 is 0 Å². The van der Waals surface area contributed by atoms with Crippen molar-refractivity contribution >= 4 is 0 Å². The number of pyridine rings is 2. The van der Waals surface area contributed by atoms with Gasteiger partial charge in [0.25, 0.3) is 0 Å². The molecule has 3 rings (SSSR count). The van der Waals surface area contributed by atoms with Crippen LogP contribution >= 0.6 is 0 Å². The van der Waals surface area contributed by atoms with Crippen molar-refractivity contribution < 1.29 is 47.4 Å². The van der Waals surface area contributed by atoms with E-state index in [0.29, 0.717) is 131 Å². The van der Waals surface area contributed by atoms with Crippen LogP contribution in [0.25, 0.3) is 0 Å². The topological polar surface area (TPSA) is 118 Å². The van der Waals surface area contributed by atoms with Crippen LogP contribution in [0.1, 0.15) is 72.9 Å². The molecule has 0 unspecified atom stereocenters. The lowest BCUT2D eigenvalue weighted by Gasteiger charge is -2.20. The molecule has 300 valence electrons. The summed E-state index contributed by atoms with van der Waals surface area (Å²) in [7, 11) is 0. The Labute approximate surface area is 322 Å². The summed E-state index contributed by atoms with van der Waals surface area (Å²) in [5.41, 5.74) is 3.24. The van der Waals surface area contributed by atoms with Crippen LogP contribution in [0.5, 0.6) is 0 Å². The van der Waals surface area contributed by atoms with E-state index in [0.717, 1.165) is 22.8 Å². The monoisotopic (exact) mass is 754 g/mol.